The standard InChI is InChI=1S/C21H36O2/c1-6-9-10-15-21(7-2,8-3)23-19-13-14-20(22)18(16-19)12-11-17(4)5/h13-14,16-17,22H,6-12,15H2,1-5H3. The van der Waals surface area contributed by atoms with Gasteiger partial charge in [0.05, 0.1) is 0 Å². The quantitative estimate of drug-likeness (QED) is 0.472. The number of aryl methyl sites for hydroxylation is 1. The van der Waals surface area contributed by atoms with Crippen molar-refractivity contribution < 1.29 is 9.84 Å². The lowest BCUT2D eigenvalue weighted by Crippen LogP contribution is -2.34. The van der Waals surface area contributed by atoms with Gasteiger partial charge in [-0.1, -0.05) is 47.5 Å². The second-order valence-corrected chi connectivity index (χ2v) is 7.17. The third-order valence-electron chi connectivity index (χ3n) is 4.90. The molecule has 132 valence electrons. The number of hydrogen-bond donors (Lipinski definition) is 1. The summed E-state index contributed by atoms with van der Waals surface area (Å²) in [5.74, 6) is 1.93. The molecular formula is C21H36O2. The van der Waals surface area contributed by atoms with Gasteiger partial charge in [0.2, 0.25) is 0 Å². The Morgan fingerprint density at radius 2 is 1.78 bits per heavy atom. The van der Waals surface area contributed by atoms with Gasteiger partial charge in [-0.3, -0.25) is 0 Å². The molecule has 0 heterocycles. The van der Waals surface area contributed by atoms with E-state index in [2.05, 4.69) is 34.6 Å². The van der Waals surface area contributed by atoms with E-state index < -0.39 is 0 Å². The molecule has 1 rings (SSSR count). The Morgan fingerprint density at radius 1 is 1.09 bits per heavy atom. The van der Waals surface area contributed by atoms with Crippen molar-refractivity contribution in [3.63, 3.8) is 0 Å². The maximum absolute atomic E-state index is 10.1. The van der Waals surface area contributed by atoms with Gasteiger partial charge in [-0.2, -0.15) is 0 Å². The third kappa shape index (κ3) is 6.45. The van der Waals surface area contributed by atoms with E-state index in [1.165, 1.54) is 19.3 Å². The van der Waals surface area contributed by atoms with Crippen molar-refractivity contribution in [1.29, 1.82) is 0 Å². The van der Waals surface area contributed by atoms with Crippen LogP contribution in [0.25, 0.3) is 0 Å². The number of phenolic OH excluding ortho intramolecular Hbond substituents is 1. The van der Waals surface area contributed by atoms with Gasteiger partial charge in [0.1, 0.15) is 17.1 Å². The Hall–Kier alpha value is -1.18. The van der Waals surface area contributed by atoms with Gasteiger partial charge in [0, 0.05) is 0 Å². The topological polar surface area (TPSA) is 29.5 Å². The zero-order chi connectivity index (χ0) is 17.3. The molecule has 0 saturated carbocycles. The summed E-state index contributed by atoms with van der Waals surface area (Å²) >= 11 is 0. The lowest BCUT2D eigenvalue weighted by atomic mass is 9.90. The zero-order valence-electron chi connectivity index (χ0n) is 15.8. The van der Waals surface area contributed by atoms with Crippen LogP contribution >= 0.6 is 0 Å². The van der Waals surface area contributed by atoms with Gasteiger partial charge in [0.15, 0.2) is 0 Å². The van der Waals surface area contributed by atoms with Crippen molar-refractivity contribution in [3.8, 4) is 11.5 Å². The molecule has 1 N–H and O–H groups in total. The van der Waals surface area contributed by atoms with Crippen LogP contribution in [0.3, 0.4) is 0 Å². The fourth-order valence-electron chi connectivity index (χ4n) is 3.02. The van der Waals surface area contributed by atoms with Crippen LogP contribution in [0.4, 0.5) is 0 Å². The fraction of sp³-hybridized carbons (Fsp3) is 0.714. The summed E-state index contributed by atoms with van der Waals surface area (Å²) in [6, 6.07) is 5.73. The highest BCUT2D eigenvalue weighted by Gasteiger charge is 2.28. The number of aromatic hydroxyl groups is 1. The lowest BCUT2D eigenvalue weighted by Gasteiger charge is -2.33. The number of rotatable bonds is 11. The Labute approximate surface area is 143 Å². The first-order valence-corrected chi connectivity index (χ1v) is 9.47. The Morgan fingerprint density at radius 3 is 2.35 bits per heavy atom. The number of benzene rings is 1. The number of ether oxygens (including phenoxy) is 1. The zero-order valence-corrected chi connectivity index (χ0v) is 15.8. The molecule has 0 fully saturated rings. The molecule has 0 spiro atoms. The summed E-state index contributed by atoms with van der Waals surface area (Å²) in [4.78, 5) is 0. The minimum Gasteiger partial charge on any atom is -0.508 e. The SMILES string of the molecule is CCCCCC(CC)(CC)Oc1ccc(O)c(CCC(C)C)c1. The van der Waals surface area contributed by atoms with Crippen LogP contribution in [-0.2, 0) is 6.42 Å². The molecule has 0 aliphatic carbocycles. The van der Waals surface area contributed by atoms with Crippen LogP contribution in [0, 0.1) is 5.92 Å². The highest BCUT2D eigenvalue weighted by molar-refractivity contribution is 5.39. The van der Waals surface area contributed by atoms with Gasteiger partial charge in [0.25, 0.3) is 0 Å². The van der Waals surface area contributed by atoms with Crippen LogP contribution in [0.5, 0.6) is 11.5 Å². The molecule has 0 unspecified atom stereocenters. The van der Waals surface area contributed by atoms with Crippen molar-refractivity contribution in [2.45, 2.75) is 91.6 Å². The smallest absolute Gasteiger partial charge is 0.120 e. The summed E-state index contributed by atoms with van der Waals surface area (Å²) in [7, 11) is 0. The van der Waals surface area contributed by atoms with Crippen molar-refractivity contribution >= 4 is 0 Å². The molecule has 0 aliphatic heterocycles. The van der Waals surface area contributed by atoms with Crippen molar-refractivity contribution in [3.05, 3.63) is 23.8 Å². The van der Waals surface area contributed by atoms with Gasteiger partial charge >= 0.3 is 0 Å². The normalized spacial score (nSPS) is 11.9. The number of phenols is 1. The van der Waals surface area contributed by atoms with E-state index in [9.17, 15) is 5.11 Å². The molecular weight excluding hydrogens is 284 g/mol. The predicted molar refractivity (Wildman–Crippen MR) is 99.3 cm³/mol. The molecule has 2 heteroatoms. The van der Waals surface area contributed by atoms with Gasteiger partial charge < -0.3 is 9.84 Å². The molecule has 0 amide bonds. The summed E-state index contributed by atoms with van der Waals surface area (Å²) in [6.07, 6.45) is 8.86. The van der Waals surface area contributed by atoms with Gasteiger partial charge in [-0.25, -0.2) is 0 Å². The number of hydrogen-bond acceptors (Lipinski definition) is 2. The van der Waals surface area contributed by atoms with Crippen molar-refractivity contribution in [1.82, 2.24) is 0 Å². The molecule has 0 aromatic heterocycles. The molecule has 0 aliphatic rings. The maximum Gasteiger partial charge on any atom is 0.120 e. The number of unbranched alkanes of at least 4 members (excludes halogenated alkanes) is 2. The van der Waals surface area contributed by atoms with Crippen LogP contribution in [0.1, 0.15) is 85.1 Å². The molecule has 2 nitrogen and oxygen atoms in total. The average Bonchev–Trinajstić information content (AvgIpc) is 2.54. The van der Waals surface area contributed by atoms with E-state index >= 15 is 0 Å². The van der Waals surface area contributed by atoms with Crippen LogP contribution < -0.4 is 4.74 Å². The van der Waals surface area contributed by atoms with Crippen LogP contribution in [0.2, 0.25) is 0 Å². The first-order chi connectivity index (χ1) is 11.0. The Bertz CT molecular complexity index is 447. The van der Waals surface area contributed by atoms with E-state index in [-0.39, 0.29) is 5.60 Å². The van der Waals surface area contributed by atoms with E-state index in [1.54, 1.807) is 6.07 Å². The van der Waals surface area contributed by atoms with Crippen molar-refractivity contribution in [2.75, 3.05) is 0 Å². The molecule has 1 aromatic carbocycles. The van der Waals surface area contributed by atoms with E-state index in [4.69, 9.17) is 4.74 Å². The molecule has 1 aromatic rings. The predicted octanol–water partition coefficient (Wildman–Crippen LogP) is 6.50. The van der Waals surface area contributed by atoms with Crippen molar-refractivity contribution in [2.24, 2.45) is 5.92 Å². The highest BCUT2D eigenvalue weighted by atomic mass is 16.5. The van der Waals surface area contributed by atoms with E-state index in [1.807, 2.05) is 12.1 Å². The molecule has 0 radical (unpaired) electrons. The van der Waals surface area contributed by atoms with Gasteiger partial charge in [-0.15, -0.1) is 0 Å². The van der Waals surface area contributed by atoms with Gasteiger partial charge in [-0.05, 0) is 68.2 Å². The monoisotopic (exact) mass is 320 g/mol. The third-order valence-corrected chi connectivity index (χ3v) is 4.90. The second kappa shape index (κ2) is 9.85. The molecule has 0 saturated heterocycles. The minimum absolute atomic E-state index is 0.0680. The second-order valence-electron chi connectivity index (χ2n) is 7.17. The lowest BCUT2D eigenvalue weighted by molar-refractivity contribution is 0.0482. The molecule has 23 heavy (non-hydrogen) atoms. The summed E-state index contributed by atoms with van der Waals surface area (Å²) in [6.45, 7) is 11.1. The minimum atomic E-state index is -0.0680. The fourth-order valence-corrected chi connectivity index (χ4v) is 3.02. The van der Waals surface area contributed by atoms with E-state index in [0.29, 0.717) is 11.7 Å². The van der Waals surface area contributed by atoms with Crippen LogP contribution in [0.15, 0.2) is 18.2 Å². The first kappa shape index (κ1) is 19.9. The van der Waals surface area contributed by atoms with Crippen LogP contribution in [-0.4, -0.2) is 10.7 Å². The summed E-state index contributed by atoms with van der Waals surface area (Å²) in [5, 5.41) is 10.1. The highest BCUT2D eigenvalue weighted by Crippen LogP contribution is 2.32. The Kier molecular flexibility index (Phi) is 8.51. The van der Waals surface area contributed by atoms with E-state index in [0.717, 1.165) is 43.4 Å². The molecule has 0 atom stereocenters. The molecule has 0 bridgehead atoms. The summed E-state index contributed by atoms with van der Waals surface area (Å²) in [5.41, 5.74) is 0.937. The largest absolute Gasteiger partial charge is 0.508 e. The maximum atomic E-state index is 10.1. The summed E-state index contributed by atoms with van der Waals surface area (Å²) < 4.78 is 6.44. The first-order valence-electron chi connectivity index (χ1n) is 9.47. The average molecular weight is 321 g/mol. The Balaban J connectivity index is 2.84.